The fourth-order valence-electron chi connectivity index (χ4n) is 7.01. The Labute approximate surface area is 222 Å². The van der Waals surface area contributed by atoms with Crippen LogP contribution >= 0.6 is 0 Å². The average molecular weight is 527 g/mol. The first-order valence-electron chi connectivity index (χ1n) is 13.5. The molecule has 38 heavy (non-hydrogen) atoms. The summed E-state index contributed by atoms with van der Waals surface area (Å²) in [5, 5.41) is 26.1. The Balaban J connectivity index is 1.82. The van der Waals surface area contributed by atoms with Gasteiger partial charge < -0.3 is 21.3 Å². The molecule has 0 saturated heterocycles. The zero-order chi connectivity index (χ0) is 28.3. The van der Waals surface area contributed by atoms with E-state index in [9.17, 15) is 34.2 Å². The highest BCUT2D eigenvalue weighted by Crippen LogP contribution is 2.53. The normalized spacial score (nSPS) is 30.9. The number of aryl methyl sites for hydroxylation is 1. The molecule has 2 saturated carbocycles. The number of hydrogen-bond acceptors (Lipinski definition) is 8. The predicted octanol–water partition coefficient (Wildman–Crippen LogP) is 1.52. The number of aliphatic hydroxyl groups is 1. The Morgan fingerprint density at radius 3 is 2.34 bits per heavy atom. The van der Waals surface area contributed by atoms with Crippen molar-refractivity contribution in [2.75, 3.05) is 6.54 Å². The number of phenols is 1. The standard InChI is InChI=1S/C29H38N2O7/c1-6-14-7-16(11-31-10-12(2)3)23(32)21-17(14)8-15-9-18-19(13(4)5)24(33)22(28(30)37)27(36)29(18,38)26(35)20(15)25(21)34/h7,12-13,15,18-20,22,31-32,38H,6,8-11H2,1-5H3,(H2,30,37)/t15-,18-,19-,20?,22?,29-/m0/s1. The third-order valence-corrected chi connectivity index (χ3v) is 8.73. The van der Waals surface area contributed by atoms with Crippen LogP contribution in [0.3, 0.4) is 0 Å². The highest BCUT2D eigenvalue weighted by Gasteiger charge is 2.69. The SMILES string of the molecule is CCc1cc(CNCC(C)C)c(O)c2c1C[C@H]1C[C@H]3[C@H](C(C)C)C(=O)C(C(N)=O)C(=O)[C@@]3(O)C(=O)C1C2=O. The van der Waals surface area contributed by atoms with Crippen molar-refractivity contribution in [2.24, 2.45) is 47.2 Å². The van der Waals surface area contributed by atoms with E-state index < -0.39 is 64.2 Å². The lowest BCUT2D eigenvalue weighted by Crippen LogP contribution is -2.71. The smallest absolute Gasteiger partial charge is 0.235 e. The number of primary amides is 1. The lowest BCUT2D eigenvalue weighted by Gasteiger charge is -2.52. The second-order valence-electron chi connectivity index (χ2n) is 11.9. The predicted molar refractivity (Wildman–Crippen MR) is 138 cm³/mol. The molecule has 9 heteroatoms. The Morgan fingerprint density at radius 1 is 1.13 bits per heavy atom. The number of phenolic OH excluding ortho intramolecular Hbond substituents is 1. The van der Waals surface area contributed by atoms with Gasteiger partial charge in [0, 0.05) is 23.9 Å². The second kappa shape index (κ2) is 10.0. The zero-order valence-electron chi connectivity index (χ0n) is 22.7. The fourth-order valence-corrected chi connectivity index (χ4v) is 7.01. The summed E-state index contributed by atoms with van der Waals surface area (Å²) in [5.41, 5.74) is 4.88. The van der Waals surface area contributed by atoms with E-state index in [4.69, 9.17) is 5.73 Å². The summed E-state index contributed by atoms with van der Waals surface area (Å²) in [6.45, 7) is 10.6. The van der Waals surface area contributed by atoms with Gasteiger partial charge >= 0.3 is 0 Å². The van der Waals surface area contributed by atoms with Gasteiger partial charge in [0.05, 0.1) is 11.5 Å². The molecule has 5 N–H and O–H groups in total. The Bertz CT molecular complexity index is 1220. The molecule has 2 unspecified atom stereocenters. The molecule has 3 aliphatic carbocycles. The van der Waals surface area contributed by atoms with Gasteiger partial charge in [-0.05, 0) is 54.7 Å². The van der Waals surface area contributed by atoms with E-state index in [1.165, 1.54) is 0 Å². The van der Waals surface area contributed by atoms with Crippen molar-refractivity contribution in [2.45, 2.75) is 66.0 Å². The third kappa shape index (κ3) is 4.11. The number of nitrogens with two attached hydrogens (primary N) is 1. The van der Waals surface area contributed by atoms with Crippen LogP contribution in [-0.2, 0) is 38.6 Å². The monoisotopic (exact) mass is 526 g/mol. The number of carbonyl (C=O) groups excluding carboxylic acids is 5. The molecule has 0 aromatic heterocycles. The van der Waals surface area contributed by atoms with Gasteiger partial charge in [-0.1, -0.05) is 40.7 Å². The van der Waals surface area contributed by atoms with Crippen LogP contribution in [0.4, 0.5) is 0 Å². The second-order valence-corrected chi connectivity index (χ2v) is 11.9. The number of benzene rings is 1. The van der Waals surface area contributed by atoms with Crippen molar-refractivity contribution in [3.05, 3.63) is 28.3 Å². The van der Waals surface area contributed by atoms with Crippen molar-refractivity contribution in [1.82, 2.24) is 5.32 Å². The van der Waals surface area contributed by atoms with Gasteiger partial charge in [0.2, 0.25) is 5.91 Å². The lowest BCUT2D eigenvalue weighted by molar-refractivity contribution is -0.182. The molecule has 9 nitrogen and oxygen atoms in total. The van der Waals surface area contributed by atoms with Crippen LogP contribution in [0, 0.1) is 41.4 Å². The van der Waals surface area contributed by atoms with Gasteiger partial charge in [-0.2, -0.15) is 0 Å². The Hall–Kier alpha value is -2.91. The quantitative estimate of drug-likeness (QED) is 0.388. The van der Waals surface area contributed by atoms with Gasteiger partial charge in [-0.15, -0.1) is 0 Å². The van der Waals surface area contributed by atoms with Gasteiger partial charge in [0.15, 0.2) is 34.7 Å². The highest BCUT2D eigenvalue weighted by atomic mass is 16.3. The van der Waals surface area contributed by atoms with E-state index in [0.717, 1.165) is 5.56 Å². The summed E-state index contributed by atoms with van der Waals surface area (Å²) >= 11 is 0. The minimum atomic E-state index is -2.67. The molecule has 0 radical (unpaired) electrons. The maximum absolute atomic E-state index is 13.9. The summed E-state index contributed by atoms with van der Waals surface area (Å²) in [7, 11) is 0. The van der Waals surface area contributed by atoms with Crippen LogP contribution in [0.5, 0.6) is 5.75 Å². The molecule has 6 atom stereocenters. The van der Waals surface area contributed by atoms with Crippen molar-refractivity contribution < 1.29 is 34.2 Å². The number of amides is 1. The van der Waals surface area contributed by atoms with Gasteiger partial charge in [-0.3, -0.25) is 24.0 Å². The average Bonchev–Trinajstić information content (AvgIpc) is 2.82. The third-order valence-electron chi connectivity index (χ3n) is 8.73. The van der Waals surface area contributed by atoms with Crippen LogP contribution in [0.1, 0.15) is 68.1 Å². The first-order valence-corrected chi connectivity index (χ1v) is 13.5. The van der Waals surface area contributed by atoms with Crippen LogP contribution < -0.4 is 11.1 Å². The first kappa shape index (κ1) is 28.1. The molecule has 1 aromatic rings. The largest absolute Gasteiger partial charge is 0.507 e. The van der Waals surface area contributed by atoms with E-state index in [1.807, 2.05) is 13.0 Å². The molecule has 1 aromatic carbocycles. The summed E-state index contributed by atoms with van der Waals surface area (Å²) in [5.74, 6) is -10.8. The summed E-state index contributed by atoms with van der Waals surface area (Å²) in [4.78, 5) is 66.5. The van der Waals surface area contributed by atoms with Crippen LogP contribution in [0.15, 0.2) is 6.07 Å². The summed E-state index contributed by atoms with van der Waals surface area (Å²) < 4.78 is 0. The molecule has 3 aliphatic rings. The minimum Gasteiger partial charge on any atom is -0.507 e. The molecule has 0 bridgehead atoms. The molecule has 1 amide bonds. The molecular formula is C29H38N2O7. The van der Waals surface area contributed by atoms with E-state index in [0.29, 0.717) is 43.0 Å². The van der Waals surface area contributed by atoms with Crippen molar-refractivity contribution in [3.63, 3.8) is 0 Å². The number of aromatic hydroxyl groups is 1. The maximum Gasteiger partial charge on any atom is 0.235 e. The van der Waals surface area contributed by atoms with E-state index >= 15 is 0 Å². The Morgan fingerprint density at radius 2 is 1.79 bits per heavy atom. The number of rotatable bonds is 7. The first-order chi connectivity index (χ1) is 17.8. The topological polar surface area (TPSA) is 164 Å². The van der Waals surface area contributed by atoms with E-state index in [2.05, 4.69) is 19.2 Å². The number of nitrogens with one attached hydrogen (secondary N) is 1. The van der Waals surface area contributed by atoms with Crippen molar-refractivity contribution >= 4 is 29.0 Å². The minimum absolute atomic E-state index is 0.0635. The number of carbonyl (C=O) groups is 5. The van der Waals surface area contributed by atoms with Crippen LogP contribution in [-0.4, -0.2) is 51.4 Å². The molecule has 0 aliphatic heterocycles. The molecule has 4 rings (SSSR count). The molecule has 0 heterocycles. The summed E-state index contributed by atoms with van der Waals surface area (Å²) in [6.07, 6.45) is 0.996. The van der Waals surface area contributed by atoms with Gasteiger partial charge in [-0.25, -0.2) is 0 Å². The van der Waals surface area contributed by atoms with Crippen molar-refractivity contribution in [3.8, 4) is 5.75 Å². The van der Waals surface area contributed by atoms with E-state index in [-0.39, 0.29) is 23.7 Å². The zero-order valence-corrected chi connectivity index (χ0v) is 22.7. The highest BCUT2D eigenvalue weighted by molar-refractivity contribution is 6.31. The molecule has 0 spiro atoms. The van der Waals surface area contributed by atoms with Crippen molar-refractivity contribution in [1.29, 1.82) is 0 Å². The summed E-state index contributed by atoms with van der Waals surface area (Å²) in [6, 6.07) is 1.89. The van der Waals surface area contributed by atoms with E-state index in [1.54, 1.807) is 13.8 Å². The fraction of sp³-hybridized carbons (Fsp3) is 0.621. The maximum atomic E-state index is 13.9. The van der Waals surface area contributed by atoms with Crippen LogP contribution in [0.2, 0.25) is 0 Å². The van der Waals surface area contributed by atoms with Gasteiger partial charge in [0.25, 0.3) is 0 Å². The number of ketones is 4. The van der Waals surface area contributed by atoms with Gasteiger partial charge in [0.1, 0.15) is 5.75 Å². The number of hydrogen-bond donors (Lipinski definition) is 4. The van der Waals surface area contributed by atoms with Crippen LogP contribution in [0.25, 0.3) is 0 Å². The Kier molecular flexibility index (Phi) is 7.40. The molecule has 206 valence electrons. The number of Topliss-reactive ketones (excluding diaryl/α,β-unsaturated/α-hetero) is 4. The lowest BCUT2D eigenvalue weighted by atomic mass is 9.49. The number of fused-ring (bicyclic) bond motifs is 3. The molecule has 2 fully saturated rings. The molecular weight excluding hydrogens is 488 g/mol.